The zero-order valence-corrected chi connectivity index (χ0v) is 13.1. The van der Waals surface area contributed by atoms with Gasteiger partial charge >= 0.3 is 0 Å². The first-order valence-electron chi connectivity index (χ1n) is 7.33. The van der Waals surface area contributed by atoms with Crippen LogP contribution in [0.1, 0.15) is 22.8 Å². The molecule has 0 bridgehead atoms. The van der Waals surface area contributed by atoms with Gasteiger partial charge < -0.3 is 10.2 Å². The summed E-state index contributed by atoms with van der Waals surface area (Å²) in [6, 6.07) is 13.9. The van der Waals surface area contributed by atoms with E-state index in [-0.39, 0.29) is 24.9 Å². The number of hydrogen-bond acceptors (Lipinski definition) is 3. The third kappa shape index (κ3) is 4.40. The highest BCUT2D eigenvalue weighted by Gasteiger charge is 2.12. The first-order chi connectivity index (χ1) is 11.5. The Morgan fingerprint density at radius 3 is 2.29 bits per heavy atom. The average molecular weight is 325 g/mol. The summed E-state index contributed by atoms with van der Waals surface area (Å²) in [4.78, 5) is 25.2. The number of carbonyl (C=O) groups excluding carboxylic acids is 2. The Bertz CT molecular complexity index is 764. The van der Waals surface area contributed by atoms with Crippen molar-refractivity contribution in [3.8, 4) is 6.07 Å². The van der Waals surface area contributed by atoms with Gasteiger partial charge in [-0.1, -0.05) is 0 Å². The number of rotatable bonds is 5. The lowest BCUT2D eigenvalue weighted by molar-refractivity contribution is -0.116. The zero-order chi connectivity index (χ0) is 17.5. The Balaban J connectivity index is 1.96. The quantitative estimate of drug-likeness (QED) is 0.918. The van der Waals surface area contributed by atoms with Gasteiger partial charge in [0.15, 0.2) is 0 Å². The summed E-state index contributed by atoms with van der Waals surface area (Å²) in [6.07, 6.45) is 0. The van der Waals surface area contributed by atoms with E-state index in [4.69, 9.17) is 5.26 Å². The van der Waals surface area contributed by atoms with Crippen LogP contribution < -0.4 is 10.2 Å². The molecule has 6 heteroatoms. The van der Waals surface area contributed by atoms with Gasteiger partial charge in [-0.15, -0.1) is 0 Å². The van der Waals surface area contributed by atoms with Gasteiger partial charge in [0, 0.05) is 31.3 Å². The van der Waals surface area contributed by atoms with E-state index in [1.807, 2.05) is 6.07 Å². The molecule has 0 unspecified atom stereocenters. The number of anilines is 1. The molecule has 0 aliphatic rings. The van der Waals surface area contributed by atoms with E-state index in [0.717, 1.165) is 0 Å². The highest BCUT2D eigenvalue weighted by Crippen LogP contribution is 2.15. The molecule has 0 aromatic heterocycles. The van der Waals surface area contributed by atoms with E-state index < -0.39 is 5.82 Å². The molecule has 0 radical (unpaired) electrons. The van der Waals surface area contributed by atoms with E-state index in [1.54, 1.807) is 24.3 Å². The van der Waals surface area contributed by atoms with Gasteiger partial charge in [-0.25, -0.2) is 4.39 Å². The fraction of sp³-hybridized carbons (Fsp3) is 0.167. The second kappa shape index (κ2) is 7.88. The SMILES string of the molecule is CC(=O)N(CCNC(=O)c1ccc(F)cc1)c1ccc(C#N)cc1. The summed E-state index contributed by atoms with van der Waals surface area (Å²) in [5.74, 6) is -0.913. The molecule has 0 fully saturated rings. The van der Waals surface area contributed by atoms with E-state index in [1.165, 1.54) is 36.1 Å². The van der Waals surface area contributed by atoms with Crippen LogP contribution in [0, 0.1) is 17.1 Å². The lowest BCUT2D eigenvalue weighted by atomic mass is 10.2. The molecule has 2 rings (SSSR count). The predicted octanol–water partition coefficient (Wildman–Crippen LogP) is 2.48. The Hall–Kier alpha value is -3.20. The highest BCUT2D eigenvalue weighted by atomic mass is 19.1. The Morgan fingerprint density at radius 2 is 1.75 bits per heavy atom. The van der Waals surface area contributed by atoms with Gasteiger partial charge in [-0.05, 0) is 48.5 Å². The summed E-state index contributed by atoms with van der Waals surface area (Å²) < 4.78 is 12.8. The lowest BCUT2D eigenvalue weighted by Crippen LogP contribution is -2.37. The maximum atomic E-state index is 12.8. The van der Waals surface area contributed by atoms with Crippen molar-refractivity contribution in [2.45, 2.75) is 6.92 Å². The summed E-state index contributed by atoms with van der Waals surface area (Å²) in [7, 11) is 0. The molecule has 0 aliphatic heterocycles. The summed E-state index contributed by atoms with van der Waals surface area (Å²) in [6.45, 7) is 1.96. The molecule has 0 saturated carbocycles. The van der Waals surface area contributed by atoms with Crippen molar-refractivity contribution in [1.29, 1.82) is 5.26 Å². The molecule has 2 aromatic carbocycles. The molecular formula is C18H16FN3O2. The summed E-state index contributed by atoms with van der Waals surface area (Å²) in [5, 5.41) is 11.5. The number of hydrogen-bond donors (Lipinski definition) is 1. The fourth-order valence-corrected chi connectivity index (χ4v) is 2.17. The lowest BCUT2D eigenvalue weighted by Gasteiger charge is -2.21. The second-order valence-corrected chi connectivity index (χ2v) is 5.09. The molecule has 5 nitrogen and oxygen atoms in total. The second-order valence-electron chi connectivity index (χ2n) is 5.09. The van der Waals surface area contributed by atoms with Crippen LogP contribution in [0.5, 0.6) is 0 Å². The van der Waals surface area contributed by atoms with Crippen LogP contribution in [0.4, 0.5) is 10.1 Å². The summed E-state index contributed by atoms with van der Waals surface area (Å²) in [5.41, 5.74) is 1.51. The minimum absolute atomic E-state index is 0.171. The van der Waals surface area contributed by atoms with Crippen LogP contribution in [0.15, 0.2) is 48.5 Å². The molecule has 0 heterocycles. The normalized spacial score (nSPS) is 9.88. The number of halogens is 1. The van der Waals surface area contributed by atoms with Crippen molar-refractivity contribution in [2.24, 2.45) is 0 Å². The third-order valence-electron chi connectivity index (χ3n) is 3.42. The van der Waals surface area contributed by atoms with Crippen LogP contribution in [0.3, 0.4) is 0 Å². The van der Waals surface area contributed by atoms with Crippen LogP contribution in [-0.2, 0) is 4.79 Å². The zero-order valence-electron chi connectivity index (χ0n) is 13.1. The van der Waals surface area contributed by atoms with E-state index in [2.05, 4.69) is 5.32 Å². The van der Waals surface area contributed by atoms with Crippen molar-refractivity contribution < 1.29 is 14.0 Å². The first kappa shape index (κ1) is 17.2. The van der Waals surface area contributed by atoms with E-state index >= 15 is 0 Å². The topological polar surface area (TPSA) is 73.2 Å². The van der Waals surface area contributed by atoms with Crippen LogP contribution in [-0.4, -0.2) is 24.9 Å². The first-order valence-corrected chi connectivity index (χ1v) is 7.33. The van der Waals surface area contributed by atoms with Gasteiger partial charge in [-0.2, -0.15) is 5.26 Å². The molecule has 122 valence electrons. The van der Waals surface area contributed by atoms with Crippen LogP contribution in [0.25, 0.3) is 0 Å². The largest absolute Gasteiger partial charge is 0.350 e. The Kier molecular flexibility index (Phi) is 5.63. The monoisotopic (exact) mass is 325 g/mol. The standard InChI is InChI=1S/C18H16FN3O2/c1-13(23)22(17-8-2-14(12-20)3-9-17)11-10-21-18(24)15-4-6-16(19)7-5-15/h2-9H,10-11H2,1H3,(H,21,24). The number of nitrogens with one attached hydrogen (secondary N) is 1. The molecule has 2 aromatic rings. The molecule has 1 N–H and O–H groups in total. The van der Waals surface area contributed by atoms with Crippen LogP contribution in [0.2, 0.25) is 0 Å². The van der Waals surface area contributed by atoms with Gasteiger partial charge in [0.1, 0.15) is 5.82 Å². The maximum Gasteiger partial charge on any atom is 0.251 e. The summed E-state index contributed by atoms with van der Waals surface area (Å²) >= 11 is 0. The van der Waals surface area contributed by atoms with Gasteiger partial charge in [0.05, 0.1) is 11.6 Å². The molecular weight excluding hydrogens is 309 g/mol. The van der Waals surface area contributed by atoms with E-state index in [0.29, 0.717) is 16.8 Å². The number of benzene rings is 2. The van der Waals surface area contributed by atoms with Crippen molar-refractivity contribution in [3.63, 3.8) is 0 Å². The maximum absolute atomic E-state index is 12.8. The molecule has 2 amide bonds. The Labute approximate surface area is 139 Å². The molecule has 0 spiro atoms. The molecule has 0 atom stereocenters. The van der Waals surface area contributed by atoms with Gasteiger partial charge in [-0.3, -0.25) is 9.59 Å². The molecule has 0 saturated heterocycles. The fourth-order valence-electron chi connectivity index (χ4n) is 2.17. The minimum atomic E-state index is -0.407. The molecule has 0 aliphatic carbocycles. The number of nitrogens with zero attached hydrogens (tertiary/aromatic N) is 2. The smallest absolute Gasteiger partial charge is 0.251 e. The third-order valence-corrected chi connectivity index (χ3v) is 3.42. The Morgan fingerprint density at radius 1 is 1.12 bits per heavy atom. The van der Waals surface area contributed by atoms with Crippen molar-refractivity contribution >= 4 is 17.5 Å². The highest BCUT2D eigenvalue weighted by molar-refractivity contribution is 5.94. The predicted molar refractivity (Wildman–Crippen MR) is 87.9 cm³/mol. The number of carbonyl (C=O) groups is 2. The van der Waals surface area contributed by atoms with Gasteiger partial charge in [0.2, 0.25) is 5.91 Å². The van der Waals surface area contributed by atoms with Crippen molar-refractivity contribution in [3.05, 3.63) is 65.5 Å². The van der Waals surface area contributed by atoms with E-state index in [9.17, 15) is 14.0 Å². The van der Waals surface area contributed by atoms with Crippen molar-refractivity contribution in [2.75, 3.05) is 18.0 Å². The van der Waals surface area contributed by atoms with Crippen LogP contribution >= 0.6 is 0 Å². The van der Waals surface area contributed by atoms with Gasteiger partial charge in [0.25, 0.3) is 5.91 Å². The number of amides is 2. The minimum Gasteiger partial charge on any atom is -0.350 e. The average Bonchev–Trinajstić information content (AvgIpc) is 2.59. The number of nitriles is 1. The molecule has 24 heavy (non-hydrogen) atoms. The van der Waals surface area contributed by atoms with Crippen molar-refractivity contribution in [1.82, 2.24) is 5.32 Å².